The molecule has 0 bridgehead atoms. The quantitative estimate of drug-likeness (QED) is 0.827. The van der Waals surface area contributed by atoms with E-state index in [1.807, 2.05) is 0 Å². The third-order valence-electron chi connectivity index (χ3n) is 5.35. The van der Waals surface area contributed by atoms with Crippen molar-refractivity contribution in [3.05, 3.63) is 0 Å². The van der Waals surface area contributed by atoms with Gasteiger partial charge in [0.25, 0.3) is 0 Å². The minimum absolute atomic E-state index is 0.776. The van der Waals surface area contributed by atoms with Crippen LogP contribution in [-0.2, 0) is 0 Å². The zero-order valence-corrected chi connectivity index (χ0v) is 12.6. The third-order valence-corrected chi connectivity index (χ3v) is 5.35. The standard InChI is InChI=1S/C16H32N2/c1-13(2)15-6-4-14(5-7-15)12-18-10-8-16(17-3)9-11-18/h13-17H,4-12H2,1-3H3. The fraction of sp³-hybridized carbons (Fsp3) is 1.00. The van der Waals surface area contributed by atoms with Crippen LogP contribution in [0.25, 0.3) is 0 Å². The van der Waals surface area contributed by atoms with Gasteiger partial charge in [-0.3, -0.25) is 0 Å². The molecule has 1 N–H and O–H groups in total. The van der Waals surface area contributed by atoms with Crippen molar-refractivity contribution in [2.75, 3.05) is 26.7 Å². The Kier molecular flexibility index (Phi) is 5.50. The summed E-state index contributed by atoms with van der Waals surface area (Å²) in [4.78, 5) is 2.72. The summed E-state index contributed by atoms with van der Waals surface area (Å²) >= 11 is 0. The monoisotopic (exact) mass is 252 g/mol. The van der Waals surface area contributed by atoms with E-state index in [-0.39, 0.29) is 0 Å². The van der Waals surface area contributed by atoms with Crippen LogP contribution in [0.3, 0.4) is 0 Å². The Labute approximate surface area is 114 Å². The predicted octanol–water partition coefficient (Wildman–Crippen LogP) is 3.13. The molecule has 1 saturated heterocycles. The van der Waals surface area contributed by atoms with E-state index in [1.54, 1.807) is 0 Å². The Bertz CT molecular complexity index is 223. The van der Waals surface area contributed by atoms with Gasteiger partial charge in [0.1, 0.15) is 0 Å². The molecule has 0 unspecified atom stereocenters. The summed E-state index contributed by atoms with van der Waals surface area (Å²) in [6, 6.07) is 0.776. The molecule has 1 aliphatic heterocycles. The zero-order valence-electron chi connectivity index (χ0n) is 12.6. The van der Waals surface area contributed by atoms with Crippen molar-refractivity contribution in [2.45, 2.75) is 58.4 Å². The molecule has 0 aromatic heterocycles. The summed E-state index contributed by atoms with van der Waals surface area (Å²) in [6.07, 6.45) is 8.61. The zero-order chi connectivity index (χ0) is 13.0. The fourth-order valence-corrected chi connectivity index (χ4v) is 3.81. The topological polar surface area (TPSA) is 15.3 Å². The fourth-order valence-electron chi connectivity index (χ4n) is 3.81. The van der Waals surface area contributed by atoms with Crippen LogP contribution in [0.4, 0.5) is 0 Å². The summed E-state index contributed by atoms with van der Waals surface area (Å²) in [5.74, 6) is 2.90. The molecule has 1 aliphatic carbocycles. The van der Waals surface area contributed by atoms with Crippen LogP contribution >= 0.6 is 0 Å². The van der Waals surface area contributed by atoms with Crippen molar-refractivity contribution in [3.8, 4) is 0 Å². The Balaban J connectivity index is 1.66. The highest BCUT2D eigenvalue weighted by molar-refractivity contribution is 4.80. The maximum Gasteiger partial charge on any atom is 0.00884 e. The van der Waals surface area contributed by atoms with Gasteiger partial charge in [-0.25, -0.2) is 0 Å². The lowest BCUT2D eigenvalue weighted by Crippen LogP contribution is -2.43. The minimum atomic E-state index is 0.776. The lowest BCUT2D eigenvalue weighted by molar-refractivity contribution is 0.137. The van der Waals surface area contributed by atoms with Gasteiger partial charge in [-0.1, -0.05) is 13.8 Å². The van der Waals surface area contributed by atoms with E-state index < -0.39 is 0 Å². The first-order valence-electron chi connectivity index (χ1n) is 8.08. The van der Waals surface area contributed by atoms with Crippen molar-refractivity contribution in [2.24, 2.45) is 17.8 Å². The molecule has 2 heteroatoms. The normalized spacial score (nSPS) is 32.0. The summed E-state index contributed by atoms with van der Waals surface area (Å²) in [6.45, 7) is 8.80. The predicted molar refractivity (Wildman–Crippen MR) is 78.8 cm³/mol. The van der Waals surface area contributed by atoms with Gasteiger partial charge >= 0.3 is 0 Å². The van der Waals surface area contributed by atoms with Gasteiger partial charge in [0.2, 0.25) is 0 Å². The Hall–Kier alpha value is -0.0800. The SMILES string of the molecule is CNC1CCN(CC2CCC(C(C)C)CC2)CC1. The number of rotatable bonds is 4. The molecule has 0 aromatic rings. The molecule has 106 valence electrons. The van der Waals surface area contributed by atoms with Crippen molar-refractivity contribution < 1.29 is 0 Å². The summed E-state index contributed by atoms with van der Waals surface area (Å²) in [5, 5.41) is 3.42. The molecule has 2 aliphatic rings. The second kappa shape index (κ2) is 6.91. The number of nitrogens with one attached hydrogen (secondary N) is 1. The number of piperidine rings is 1. The van der Waals surface area contributed by atoms with Gasteiger partial charge in [0.05, 0.1) is 0 Å². The van der Waals surface area contributed by atoms with E-state index in [4.69, 9.17) is 0 Å². The molecule has 0 radical (unpaired) electrons. The van der Waals surface area contributed by atoms with Crippen molar-refractivity contribution in [1.82, 2.24) is 10.2 Å². The molecule has 2 fully saturated rings. The first-order valence-corrected chi connectivity index (χ1v) is 8.08. The summed E-state index contributed by atoms with van der Waals surface area (Å²) in [7, 11) is 2.10. The highest BCUT2D eigenvalue weighted by Gasteiger charge is 2.26. The highest BCUT2D eigenvalue weighted by atomic mass is 15.1. The maximum atomic E-state index is 3.42. The first-order chi connectivity index (χ1) is 8.69. The maximum absolute atomic E-state index is 3.42. The molecule has 2 nitrogen and oxygen atoms in total. The van der Waals surface area contributed by atoms with Gasteiger partial charge in [0, 0.05) is 12.6 Å². The molecule has 0 spiro atoms. The van der Waals surface area contributed by atoms with E-state index in [0.717, 1.165) is 23.8 Å². The number of hydrogen-bond donors (Lipinski definition) is 1. The number of likely N-dealkylation sites (tertiary alicyclic amines) is 1. The lowest BCUT2D eigenvalue weighted by atomic mass is 9.77. The van der Waals surface area contributed by atoms with E-state index in [0.29, 0.717) is 0 Å². The van der Waals surface area contributed by atoms with Crippen molar-refractivity contribution >= 4 is 0 Å². The van der Waals surface area contributed by atoms with Gasteiger partial charge in [0.15, 0.2) is 0 Å². The smallest absolute Gasteiger partial charge is 0.00884 e. The van der Waals surface area contributed by atoms with Crippen LogP contribution in [0.1, 0.15) is 52.4 Å². The average molecular weight is 252 g/mol. The van der Waals surface area contributed by atoms with Crippen LogP contribution in [0.15, 0.2) is 0 Å². The van der Waals surface area contributed by atoms with E-state index in [2.05, 4.69) is 31.1 Å². The molecule has 1 saturated carbocycles. The van der Waals surface area contributed by atoms with Crippen LogP contribution in [0.2, 0.25) is 0 Å². The molecule has 0 aromatic carbocycles. The van der Waals surface area contributed by atoms with Crippen molar-refractivity contribution in [3.63, 3.8) is 0 Å². The first kappa shape index (κ1) is 14.3. The molecule has 0 atom stereocenters. The van der Waals surface area contributed by atoms with Crippen LogP contribution in [-0.4, -0.2) is 37.6 Å². The lowest BCUT2D eigenvalue weighted by Gasteiger charge is -2.37. The van der Waals surface area contributed by atoms with Crippen molar-refractivity contribution in [1.29, 1.82) is 0 Å². The third kappa shape index (κ3) is 3.96. The van der Waals surface area contributed by atoms with E-state index in [1.165, 1.54) is 58.2 Å². The van der Waals surface area contributed by atoms with Gasteiger partial charge < -0.3 is 10.2 Å². The molecule has 1 heterocycles. The second-order valence-electron chi connectivity index (χ2n) is 6.89. The second-order valence-corrected chi connectivity index (χ2v) is 6.89. The van der Waals surface area contributed by atoms with Crippen LogP contribution in [0.5, 0.6) is 0 Å². The molecule has 2 rings (SSSR count). The van der Waals surface area contributed by atoms with E-state index >= 15 is 0 Å². The van der Waals surface area contributed by atoms with E-state index in [9.17, 15) is 0 Å². The Morgan fingerprint density at radius 3 is 2.11 bits per heavy atom. The van der Waals surface area contributed by atoms with Gasteiger partial charge in [-0.15, -0.1) is 0 Å². The molecule has 0 amide bonds. The molecule has 18 heavy (non-hydrogen) atoms. The summed E-state index contributed by atoms with van der Waals surface area (Å²) in [5.41, 5.74) is 0. The number of hydrogen-bond acceptors (Lipinski definition) is 2. The van der Waals surface area contributed by atoms with Crippen LogP contribution < -0.4 is 5.32 Å². The molecular weight excluding hydrogens is 220 g/mol. The Morgan fingerprint density at radius 2 is 1.61 bits per heavy atom. The summed E-state index contributed by atoms with van der Waals surface area (Å²) < 4.78 is 0. The Morgan fingerprint density at radius 1 is 1.00 bits per heavy atom. The number of nitrogens with zero attached hydrogens (tertiary/aromatic N) is 1. The van der Waals surface area contributed by atoms with Gasteiger partial charge in [-0.2, -0.15) is 0 Å². The average Bonchev–Trinajstić information content (AvgIpc) is 2.40. The largest absolute Gasteiger partial charge is 0.317 e. The van der Waals surface area contributed by atoms with Crippen LogP contribution in [0, 0.1) is 17.8 Å². The van der Waals surface area contributed by atoms with Gasteiger partial charge in [-0.05, 0) is 76.4 Å². The molecular formula is C16H32N2. The minimum Gasteiger partial charge on any atom is -0.317 e. The highest BCUT2D eigenvalue weighted by Crippen LogP contribution is 2.33.